The van der Waals surface area contributed by atoms with E-state index in [9.17, 15) is 14.5 Å². The summed E-state index contributed by atoms with van der Waals surface area (Å²) >= 11 is -0.0344. The van der Waals surface area contributed by atoms with E-state index in [4.69, 9.17) is 0 Å². The Balaban J connectivity index is 1.59. The van der Waals surface area contributed by atoms with Crippen LogP contribution in [0.2, 0.25) is 0 Å². The van der Waals surface area contributed by atoms with Crippen LogP contribution >= 0.6 is 11.3 Å². The third kappa shape index (κ3) is 4.27. The van der Waals surface area contributed by atoms with Gasteiger partial charge in [-0.1, -0.05) is 18.2 Å². The van der Waals surface area contributed by atoms with Gasteiger partial charge >= 0.3 is 0 Å². The first kappa shape index (κ1) is 21.0. The topological polar surface area (TPSA) is 98.2 Å². The van der Waals surface area contributed by atoms with E-state index < -0.39 is 17.3 Å². The Morgan fingerprint density at radius 3 is 2.80 bits per heavy atom. The number of nitrogens with zero attached hydrogens (tertiary/aromatic N) is 2. The molecule has 0 aliphatic heterocycles. The number of hydrogen-bond acceptors (Lipinski definition) is 7. The summed E-state index contributed by atoms with van der Waals surface area (Å²) in [6.07, 6.45) is 3.69. The van der Waals surface area contributed by atoms with Gasteiger partial charge in [0.15, 0.2) is 9.79 Å². The van der Waals surface area contributed by atoms with Crippen molar-refractivity contribution in [2.45, 2.75) is 41.7 Å². The van der Waals surface area contributed by atoms with Crippen molar-refractivity contribution in [1.29, 1.82) is 0 Å². The normalized spacial score (nSPS) is 22.1. The first-order valence-electron chi connectivity index (χ1n) is 9.63. The molecule has 0 spiro atoms. The van der Waals surface area contributed by atoms with E-state index in [0.717, 1.165) is 4.88 Å². The molecule has 6 nitrogen and oxygen atoms in total. The van der Waals surface area contributed by atoms with Crippen molar-refractivity contribution in [3.8, 4) is 0 Å². The predicted octanol–water partition coefficient (Wildman–Crippen LogP) is 3.63. The maximum absolute atomic E-state index is 13.2. The molecule has 155 valence electrons. The summed E-state index contributed by atoms with van der Waals surface area (Å²) in [5, 5.41) is 13.2. The molecule has 0 amide bonds. The molecule has 1 unspecified atom stereocenters. The van der Waals surface area contributed by atoms with Crippen LogP contribution in [0.15, 0.2) is 58.7 Å². The van der Waals surface area contributed by atoms with Crippen molar-refractivity contribution >= 4 is 34.1 Å². The predicted molar refractivity (Wildman–Crippen MR) is 117 cm³/mol. The van der Waals surface area contributed by atoms with E-state index in [1.165, 1.54) is 23.9 Å². The van der Waals surface area contributed by atoms with Crippen LogP contribution in [-0.2, 0) is 11.2 Å². The Labute approximate surface area is 182 Å². The highest BCUT2D eigenvalue weighted by molar-refractivity contribution is 7.91. The second-order valence-electron chi connectivity index (χ2n) is 7.37. The first-order chi connectivity index (χ1) is 14.4. The smallest absolute Gasteiger partial charge is 0.208 e. The summed E-state index contributed by atoms with van der Waals surface area (Å²) in [4.78, 5) is 24.2. The van der Waals surface area contributed by atoms with E-state index in [1.54, 1.807) is 6.07 Å². The molecule has 0 saturated heterocycles. The lowest BCUT2D eigenvalue weighted by atomic mass is 10.1. The SMILES string of the molecule is [CH2][C@@H]1C[C@@H](Nc2ncncc2C(=O)c2cc([S+]([O-])c3ccccc3)c(C)s2)C[C@@H]1O. The van der Waals surface area contributed by atoms with Gasteiger partial charge < -0.3 is 15.0 Å². The monoisotopic (exact) mass is 440 g/mol. The van der Waals surface area contributed by atoms with E-state index in [1.807, 2.05) is 37.3 Å². The van der Waals surface area contributed by atoms with E-state index in [0.29, 0.717) is 38.9 Å². The minimum absolute atomic E-state index is 0.00447. The number of aromatic nitrogens is 2. The summed E-state index contributed by atoms with van der Waals surface area (Å²) < 4.78 is 12.9. The van der Waals surface area contributed by atoms with Gasteiger partial charge in [-0.05, 0) is 44.7 Å². The van der Waals surface area contributed by atoms with Crippen LogP contribution in [0.1, 0.15) is 33.0 Å². The van der Waals surface area contributed by atoms with Crippen LogP contribution in [0.4, 0.5) is 5.82 Å². The summed E-state index contributed by atoms with van der Waals surface area (Å²) in [6, 6.07) is 10.9. The molecule has 0 bridgehead atoms. The lowest BCUT2D eigenvalue weighted by Crippen LogP contribution is -2.20. The van der Waals surface area contributed by atoms with Gasteiger partial charge in [0.25, 0.3) is 0 Å². The fourth-order valence-electron chi connectivity index (χ4n) is 3.59. The maximum Gasteiger partial charge on any atom is 0.208 e. The minimum Gasteiger partial charge on any atom is -0.606 e. The molecular weight excluding hydrogens is 418 g/mol. The van der Waals surface area contributed by atoms with Crippen LogP contribution in [0, 0.1) is 19.8 Å². The molecule has 1 saturated carbocycles. The number of hydrogen-bond donors (Lipinski definition) is 2. The average Bonchev–Trinajstić information content (AvgIpc) is 3.29. The minimum atomic E-state index is -1.35. The standard InChI is InChI=1S/C22H22N3O3S2/c1-13-8-15(9-18(13)26)25-22-17(11-23-12-24-22)21(27)19-10-20(14(2)29-19)30(28)16-6-4-3-5-7-16/h3-7,10-13,15,18,26H,1,8-9H2,2H3,(H,23,24,25)/t13-,15-,18+,30?/m1/s1. The molecule has 4 atom stereocenters. The van der Waals surface area contributed by atoms with Gasteiger partial charge in [-0.3, -0.25) is 4.79 Å². The van der Waals surface area contributed by atoms with Gasteiger partial charge in [0, 0.05) is 29.5 Å². The van der Waals surface area contributed by atoms with Crippen LogP contribution in [0.5, 0.6) is 0 Å². The van der Waals surface area contributed by atoms with Gasteiger partial charge in [-0.2, -0.15) is 0 Å². The van der Waals surface area contributed by atoms with Crippen LogP contribution in [-0.4, -0.2) is 37.6 Å². The molecule has 3 aromatic rings. The number of anilines is 1. The van der Waals surface area contributed by atoms with Crippen molar-refractivity contribution in [3.63, 3.8) is 0 Å². The third-order valence-corrected chi connectivity index (χ3v) is 7.91. The Bertz CT molecular complexity index is 1030. The Morgan fingerprint density at radius 1 is 1.33 bits per heavy atom. The van der Waals surface area contributed by atoms with Gasteiger partial charge in [0.05, 0.1) is 21.4 Å². The summed E-state index contributed by atoms with van der Waals surface area (Å²) in [5.74, 6) is 0.185. The van der Waals surface area contributed by atoms with Crippen molar-refractivity contribution in [2.24, 2.45) is 5.92 Å². The zero-order valence-corrected chi connectivity index (χ0v) is 18.1. The Morgan fingerprint density at radius 2 is 2.10 bits per heavy atom. The fraction of sp³-hybridized carbons (Fsp3) is 0.273. The summed E-state index contributed by atoms with van der Waals surface area (Å²) in [6.45, 7) is 5.82. The molecule has 2 N–H and O–H groups in total. The van der Waals surface area contributed by atoms with Gasteiger partial charge in [-0.25, -0.2) is 9.97 Å². The number of ketones is 1. The number of carbonyl (C=O) groups excluding carboxylic acids is 1. The number of thiophene rings is 1. The van der Waals surface area contributed by atoms with E-state index >= 15 is 0 Å². The molecule has 1 aromatic carbocycles. The lowest BCUT2D eigenvalue weighted by molar-refractivity contribution is 0.104. The molecule has 2 aromatic heterocycles. The molecular formula is C22H22N3O3S2. The second kappa shape index (κ2) is 8.85. The summed E-state index contributed by atoms with van der Waals surface area (Å²) in [7, 11) is 0. The highest BCUT2D eigenvalue weighted by Gasteiger charge is 2.31. The quantitative estimate of drug-likeness (QED) is 0.449. The molecule has 1 aliphatic carbocycles. The zero-order chi connectivity index (χ0) is 21.3. The average molecular weight is 441 g/mol. The molecule has 4 rings (SSSR count). The van der Waals surface area contributed by atoms with Crippen LogP contribution in [0.25, 0.3) is 0 Å². The van der Waals surface area contributed by atoms with Crippen LogP contribution in [0.3, 0.4) is 0 Å². The van der Waals surface area contributed by atoms with Gasteiger partial charge in [-0.15, -0.1) is 11.3 Å². The number of carbonyl (C=O) groups is 1. The Hall–Kier alpha value is -2.26. The number of aliphatic hydroxyl groups excluding tert-OH is 1. The lowest BCUT2D eigenvalue weighted by Gasteiger charge is -2.15. The number of benzene rings is 1. The van der Waals surface area contributed by atoms with Crippen LogP contribution < -0.4 is 5.32 Å². The first-order valence-corrected chi connectivity index (χ1v) is 11.6. The van der Waals surface area contributed by atoms with Crippen molar-refractivity contribution in [1.82, 2.24) is 9.97 Å². The molecule has 1 radical (unpaired) electrons. The van der Waals surface area contributed by atoms with Gasteiger partial charge in [0.1, 0.15) is 12.1 Å². The number of aliphatic hydroxyl groups is 1. The fourth-order valence-corrected chi connectivity index (χ4v) is 6.03. The zero-order valence-electron chi connectivity index (χ0n) is 16.4. The van der Waals surface area contributed by atoms with Crippen molar-refractivity contribution in [3.05, 3.63) is 71.2 Å². The van der Waals surface area contributed by atoms with E-state index in [-0.39, 0.29) is 17.7 Å². The highest BCUT2D eigenvalue weighted by atomic mass is 32.2. The number of nitrogens with one attached hydrogen (secondary N) is 1. The maximum atomic E-state index is 13.2. The number of rotatable bonds is 6. The molecule has 8 heteroatoms. The number of aryl methyl sites for hydroxylation is 1. The molecule has 1 fully saturated rings. The second-order valence-corrected chi connectivity index (χ2v) is 10.1. The third-order valence-electron chi connectivity index (χ3n) is 5.21. The van der Waals surface area contributed by atoms with E-state index in [2.05, 4.69) is 22.2 Å². The Kier molecular flexibility index (Phi) is 6.19. The molecule has 30 heavy (non-hydrogen) atoms. The summed E-state index contributed by atoms with van der Waals surface area (Å²) in [5.41, 5.74) is 0.359. The molecule has 1 aliphatic rings. The largest absolute Gasteiger partial charge is 0.606 e. The highest BCUT2D eigenvalue weighted by Crippen LogP contribution is 2.33. The molecule has 2 heterocycles. The van der Waals surface area contributed by atoms with Gasteiger partial charge in [0.2, 0.25) is 5.78 Å². The van der Waals surface area contributed by atoms with Crippen molar-refractivity contribution in [2.75, 3.05) is 5.32 Å². The van der Waals surface area contributed by atoms with Crippen molar-refractivity contribution < 1.29 is 14.5 Å².